The average molecular weight is 467 g/mol. The molecule has 186 valence electrons. The number of hydrogen-bond acceptors (Lipinski definition) is 4. The molecule has 1 aromatic carbocycles. The molecular weight excluding hydrogens is 424 g/mol. The van der Waals surface area contributed by atoms with E-state index in [1.54, 1.807) is 0 Å². The van der Waals surface area contributed by atoms with Crippen molar-refractivity contribution in [2.45, 2.75) is 89.8 Å². The fourth-order valence-corrected chi connectivity index (χ4v) is 8.78. The second-order valence-corrected chi connectivity index (χ2v) is 12.1. The van der Waals surface area contributed by atoms with E-state index in [-0.39, 0.29) is 22.9 Å². The lowest BCUT2D eigenvalue weighted by Gasteiger charge is -2.63. The fraction of sp³-hybridized carbons (Fsp3) is 0.714. The van der Waals surface area contributed by atoms with Crippen LogP contribution in [-0.2, 0) is 0 Å². The first-order valence-electron chi connectivity index (χ1n) is 13.3. The van der Waals surface area contributed by atoms with Crippen LogP contribution in [0.1, 0.15) is 78.1 Å². The van der Waals surface area contributed by atoms with E-state index in [2.05, 4.69) is 18.9 Å². The van der Waals surface area contributed by atoms with Gasteiger partial charge in [-0.25, -0.2) is 5.01 Å². The lowest BCUT2D eigenvalue weighted by atomic mass is 9.43. The van der Waals surface area contributed by atoms with Gasteiger partial charge in [-0.15, -0.1) is 0 Å². The maximum atomic E-state index is 12.3. The molecule has 4 fully saturated rings. The van der Waals surface area contributed by atoms with Gasteiger partial charge in [-0.05, 0) is 111 Å². The van der Waals surface area contributed by atoms with Crippen LogP contribution >= 0.6 is 0 Å². The van der Waals surface area contributed by atoms with Gasteiger partial charge in [0.1, 0.15) is 0 Å². The molecule has 0 aromatic heterocycles. The third kappa shape index (κ3) is 3.60. The van der Waals surface area contributed by atoms with Crippen molar-refractivity contribution in [1.82, 2.24) is 0 Å². The zero-order valence-corrected chi connectivity index (χ0v) is 20.8. The summed E-state index contributed by atoms with van der Waals surface area (Å²) in [4.78, 5) is 0. The van der Waals surface area contributed by atoms with E-state index < -0.39 is 5.60 Å². The topological polar surface area (TPSA) is 106 Å². The predicted octanol–water partition coefficient (Wildman–Crippen LogP) is 4.90. The minimum atomic E-state index is -0.613. The van der Waals surface area contributed by atoms with Crippen molar-refractivity contribution in [2.75, 3.05) is 5.01 Å². The maximum Gasteiger partial charge on any atom is 0.214 e. The molecule has 0 amide bonds. The normalized spacial score (nSPS) is 43.7. The molecule has 0 spiro atoms. The summed E-state index contributed by atoms with van der Waals surface area (Å²) >= 11 is 0. The molecule has 6 nitrogen and oxygen atoms in total. The first kappa shape index (κ1) is 23.8. The number of aliphatic hydroxyl groups excluding tert-OH is 1. The average Bonchev–Trinajstić information content (AvgIpc) is 3.08. The smallest absolute Gasteiger partial charge is 0.214 e. The van der Waals surface area contributed by atoms with E-state index in [4.69, 9.17) is 11.1 Å². The van der Waals surface area contributed by atoms with Gasteiger partial charge >= 0.3 is 0 Å². The van der Waals surface area contributed by atoms with Crippen molar-refractivity contribution in [3.8, 4) is 0 Å². The summed E-state index contributed by atoms with van der Waals surface area (Å²) in [5.41, 5.74) is 6.13. The third-order valence-electron chi connectivity index (χ3n) is 10.8. The summed E-state index contributed by atoms with van der Waals surface area (Å²) in [7, 11) is 0. The molecule has 6 heteroatoms. The SMILES string of the molecule is C[C@]12CCC(O)CC1CC[C@@H]1[C@H]2CC[C@]2(C)C(C/C=N/N(C(=N)N)c3ccccc3)CC[C@@]12O. The van der Waals surface area contributed by atoms with Crippen LogP contribution in [-0.4, -0.2) is 34.1 Å². The summed E-state index contributed by atoms with van der Waals surface area (Å²) in [6.07, 6.45) is 11.9. The molecule has 0 radical (unpaired) electrons. The quantitative estimate of drug-likeness (QED) is 0.288. The predicted molar refractivity (Wildman–Crippen MR) is 137 cm³/mol. The Morgan fingerprint density at radius 3 is 2.59 bits per heavy atom. The number of anilines is 1. The number of nitrogens with two attached hydrogens (primary N) is 1. The summed E-state index contributed by atoms with van der Waals surface area (Å²) in [6, 6.07) is 9.57. The van der Waals surface area contributed by atoms with Crippen LogP contribution in [0.5, 0.6) is 0 Å². The van der Waals surface area contributed by atoms with E-state index >= 15 is 0 Å². The van der Waals surface area contributed by atoms with Crippen molar-refractivity contribution in [1.29, 1.82) is 5.41 Å². The number of hydrogen-bond donors (Lipinski definition) is 4. The highest BCUT2D eigenvalue weighted by atomic mass is 16.3. The maximum absolute atomic E-state index is 12.3. The lowest BCUT2D eigenvalue weighted by Crippen LogP contribution is -2.62. The Labute approximate surface area is 204 Å². The standard InChI is InChI=1S/C28H42N4O2/c1-26-14-11-22(33)18-20(26)8-9-24-23(26)12-15-27(2)19(10-16-28(24,27)34)13-17-31-32(25(29)30)21-6-4-3-5-7-21/h3-7,17,19-20,22-24,33-34H,8-16,18H2,1-2H3,(H3,29,30)/b31-17+/t19?,20?,22?,23-,24-,26+,27-,28-/m1/s1. The first-order chi connectivity index (χ1) is 16.2. The molecule has 8 atom stereocenters. The largest absolute Gasteiger partial charge is 0.393 e. The number of nitrogens with zero attached hydrogens (tertiary/aromatic N) is 2. The molecule has 1 aromatic rings. The van der Waals surface area contributed by atoms with Gasteiger partial charge in [0.25, 0.3) is 0 Å². The fourth-order valence-electron chi connectivity index (χ4n) is 8.78. The lowest BCUT2D eigenvalue weighted by molar-refractivity contribution is -0.209. The third-order valence-corrected chi connectivity index (χ3v) is 10.8. The minimum absolute atomic E-state index is 0.0975. The number of nitrogens with one attached hydrogen (secondary N) is 1. The molecule has 4 aliphatic rings. The number of para-hydroxylation sites is 1. The molecule has 3 unspecified atom stereocenters. The van der Waals surface area contributed by atoms with Crippen molar-refractivity contribution in [3.63, 3.8) is 0 Å². The zero-order valence-electron chi connectivity index (χ0n) is 20.8. The second-order valence-electron chi connectivity index (χ2n) is 12.1. The Hall–Kier alpha value is -1.92. The van der Waals surface area contributed by atoms with Gasteiger partial charge in [0, 0.05) is 6.21 Å². The Balaban J connectivity index is 1.33. The van der Waals surface area contributed by atoms with E-state index in [1.165, 1.54) is 11.4 Å². The number of hydrazone groups is 1. The van der Waals surface area contributed by atoms with Crippen LogP contribution < -0.4 is 10.7 Å². The van der Waals surface area contributed by atoms with Gasteiger partial charge < -0.3 is 15.9 Å². The Bertz CT molecular complexity index is 938. The van der Waals surface area contributed by atoms with Crippen molar-refractivity contribution >= 4 is 17.9 Å². The van der Waals surface area contributed by atoms with Crippen LogP contribution in [0.15, 0.2) is 35.4 Å². The van der Waals surface area contributed by atoms with Crippen LogP contribution in [0.25, 0.3) is 0 Å². The summed E-state index contributed by atoms with van der Waals surface area (Å²) < 4.78 is 0. The molecule has 0 aliphatic heterocycles. The van der Waals surface area contributed by atoms with Crippen LogP contribution in [0.4, 0.5) is 5.69 Å². The number of rotatable bonds is 4. The minimum Gasteiger partial charge on any atom is -0.393 e. The Morgan fingerprint density at radius 1 is 1.09 bits per heavy atom. The highest BCUT2D eigenvalue weighted by Crippen LogP contribution is 2.69. The van der Waals surface area contributed by atoms with Gasteiger partial charge in [-0.3, -0.25) is 5.41 Å². The first-order valence-corrected chi connectivity index (χ1v) is 13.3. The Morgan fingerprint density at radius 2 is 1.85 bits per heavy atom. The zero-order chi connectivity index (χ0) is 24.1. The van der Waals surface area contributed by atoms with Crippen LogP contribution in [0.2, 0.25) is 0 Å². The summed E-state index contributed by atoms with van der Waals surface area (Å²) in [5, 5.41) is 36.5. The molecule has 0 saturated heterocycles. The molecule has 4 saturated carbocycles. The highest BCUT2D eigenvalue weighted by Gasteiger charge is 2.66. The number of guanidine groups is 1. The van der Waals surface area contributed by atoms with Gasteiger partial charge in [0.15, 0.2) is 0 Å². The second kappa shape index (κ2) is 8.63. The number of fused-ring (bicyclic) bond motifs is 5. The molecule has 5 N–H and O–H groups in total. The van der Waals surface area contributed by atoms with E-state index in [1.807, 2.05) is 36.5 Å². The number of benzene rings is 1. The van der Waals surface area contributed by atoms with E-state index in [0.29, 0.717) is 23.7 Å². The Kier molecular flexibility index (Phi) is 6.04. The van der Waals surface area contributed by atoms with Gasteiger partial charge in [-0.2, -0.15) is 5.10 Å². The van der Waals surface area contributed by atoms with E-state index in [9.17, 15) is 10.2 Å². The summed E-state index contributed by atoms with van der Waals surface area (Å²) in [6.45, 7) is 4.79. The number of aliphatic hydroxyl groups is 2. The molecule has 4 aliphatic carbocycles. The van der Waals surface area contributed by atoms with Gasteiger partial charge in [0.2, 0.25) is 5.96 Å². The van der Waals surface area contributed by atoms with Gasteiger partial charge in [-0.1, -0.05) is 32.0 Å². The van der Waals surface area contributed by atoms with Crippen molar-refractivity contribution < 1.29 is 10.2 Å². The summed E-state index contributed by atoms with van der Waals surface area (Å²) in [5.74, 6) is 1.81. The molecule has 34 heavy (non-hydrogen) atoms. The highest BCUT2D eigenvalue weighted by molar-refractivity contribution is 5.92. The van der Waals surface area contributed by atoms with Crippen molar-refractivity contribution in [2.24, 2.45) is 45.3 Å². The van der Waals surface area contributed by atoms with Crippen molar-refractivity contribution in [3.05, 3.63) is 30.3 Å². The molecular formula is C28H42N4O2. The van der Waals surface area contributed by atoms with Crippen LogP contribution in [0, 0.1) is 39.9 Å². The molecule has 0 bridgehead atoms. The molecule has 0 heterocycles. The molecule has 5 rings (SSSR count). The van der Waals surface area contributed by atoms with Gasteiger partial charge in [0.05, 0.1) is 17.4 Å². The van der Waals surface area contributed by atoms with Crippen LogP contribution in [0.3, 0.4) is 0 Å². The van der Waals surface area contributed by atoms with E-state index in [0.717, 1.165) is 63.5 Å². The monoisotopic (exact) mass is 466 g/mol.